The Bertz CT molecular complexity index is 900. The van der Waals surface area contributed by atoms with Crippen LogP contribution in [0, 0.1) is 5.82 Å². The first-order valence-electron chi connectivity index (χ1n) is 6.76. The van der Waals surface area contributed by atoms with E-state index >= 15 is 0 Å². The van der Waals surface area contributed by atoms with Crippen LogP contribution in [0.15, 0.2) is 41.3 Å². The summed E-state index contributed by atoms with van der Waals surface area (Å²) < 4.78 is 40.9. The Labute approximate surface area is 137 Å². The zero-order valence-electron chi connectivity index (χ0n) is 11.8. The highest BCUT2D eigenvalue weighted by Gasteiger charge is 2.21. The number of hydrogen-bond donors (Lipinski definition) is 2. The van der Waals surface area contributed by atoms with E-state index < -0.39 is 15.8 Å². The highest BCUT2D eigenvalue weighted by Crippen LogP contribution is 2.28. The number of carbonyl (C=O) groups excluding carboxylic acids is 1. The average Bonchev–Trinajstić information content (AvgIpc) is 2.51. The van der Waals surface area contributed by atoms with Crippen molar-refractivity contribution < 1.29 is 17.6 Å². The SMILES string of the molecule is O=C1CCc2cc(S(=O)(=O)Nc3cccc(Cl)c3F)ccc2N1. The maximum absolute atomic E-state index is 13.9. The Kier molecular flexibility index (Phi) is 3.99. The molecule has 2 aromatic rings. The van der Waals surface area contributed by atoms with Gasteiger partial charge in [-0.3, -0.25) is 9.52 Å². The maximum Gasteiger partial charge on any atom is 0.261 e. The topological polar surface area (TPSA) is 75.3 Å². The van der Waals surface area contributed by atoms with Crippen LogP contribution in [-0.4, -0.2) is 14.3 Å². The first-order chi connectivity index (χ1) is 10.9. The monoisotopic (exact) mass is 354 g/mol. The van der Waals surface area contributed by atoms with Crippen LogP contribution >= 0.6 is 11.6 Å². The molecule has 1 heterocycles. The lowest BCUT2D eigenvalue weighted by atomic mass is 10.0. The molecular formula is C15H12ClFN2O3S. The molecule has 8 heteroatoms. The molecule has 0 radical (unpaired) electrons. The number of sulfonamides is 1. The van der Waals surface area contributed by atoms with Crippen LogP contribution in [-0.2, 0) is 21.2 Å². The largest absolute Gasteiger partial charge is 0.326 e. The van der Waals surface area contributed by atoms with Gasteiger partial charge in [0.25, 0.3) is 10.0 Å². The van der Waals surface area contributed by atoms with Crippen LogP contribution in [0.1, 0.15) is 12.0 Å². The van der Waals surface area contributed by atoms with Crippen LogP contribution in [0.2, 0.25) is 5.02 Å². The lowest BCUT2D eigenvalue weighted by Gasteiger charge is -2.18. The molecule has 0 spiro atoms. The van der Waals surface area contributed by atoms with Gasteiger partial charge in [0.1, 0.15) is 0 Å². The molecule has 0 saturated carbocycles. The molecule has 0 bridgehead atoms. The maximum atomic E-state index is 13.9. The predicted octanol–water partition coefficient (Wildman–Crippen LogP) is 3.16. The van der Waals surface area contributed by atoms with Gasteiger partial charge in [0.15, 0.2) is 5.82 Å². The van der Waals surface area contributed by atoms with E-state index in [1.807, 2.05) is 0 Å². The third-order valence-electron chi connectivity index (χ3n) is 3.48. The van der Waals surface area contributed by atoms with Crippen molar-refractivity contribution in [2.45, 2.75) is 17.7 Å². The number of aryl methyl sites for hydroxylation is 1. The molecule has 0 fully saturated rings. The number of anilines is 2. The molecule has 23 heavy (non-hydrogen) atoms. The van der Waals surface area contributed by atoms with Crippen molar-refractivity contribution in [1.29, 1.82) is 0 Å². The van der Waals surface area contributed by atoms with E-state index in [0.717, 1.165) is 5.56 Å². The van der Waals surface area contributed by atoms with Gasteiger partial charge in [0.2, 0.25) is 5.91 Å². The number of rotatable bonds is 3. The predicted molar refractivity (Wildman–Crippen MR) is 85.6 cm³/mol. The minimum atomic E-state index is -3.96. The summed E-state index contributed by atoms with van der Waals surface area (Å²) in [5.41, 5.74) is 1.09. The summed E-state index contributed by atoms with van der Waals surface area (Å²) in [6.45, 7) is 0. The van der Waals surface area contributed by atoms with Gasteiger partial charge < -0.3 is 5.32 Å². The highest BCUT2D eigenvalue weighted by molar-refractivity contribution is 7.92. The molecule has 1 aliphatic rings. The van der Waals surface area contributed by atoms with Gasteiger partial charge >= 0.3 is 0 Å². The summed E-state index contributed by atoms with van der Waals surface area (Å²) in [5, 5.41) is 2.51. The Morgan fingerprint density at radius 1 is 1.17 bits per heavy atom. The number of amides is 1. The van der Waals surface area contributed by atoms with Crippen molar-refractivity contribution in [3.8, 4) is 0 Å². The molecule has 3 rings (SSSR count). The van der Waals surface area contributed by atoms with E-state index in [1.54, 1.807) is 0 Å². The minimum Gasteiger partial charge on any atom is -0.326 e. The molecule has 0 aliphatic carbocycles. The molecule has 0 aromatic heterocycles. The van der Waals surface area contributed by atoms with Crippen molar-refractivity contribution in [3.63, 3.8) is 0 Å². The second-order valence-corrected chi connectivity index (χ2v) is 7.16. The standard InChI is InChI=1S/C15H12ClFN2O3S/c16-11-2-1-3-13(15(11)17)19-23(21,22)10-5-6-12-9(8-10)4-7-14(20)18-12/h1-3,5-6,8,19H,4,7H2,(H,18,20). The fourth-order valence-electron chi connectivity index (χ4n) is 2.31. The molecule has 1 amide bonds. The Balaban J connectivity index is 1.94. The van der Waals surface area contributed by atoms with Gasteiger partial charge in [-0.15, -0.1) is 0 Å². The molecule has 2 aromatic carbocycles. The number of carbonyl (C=O) groups is 1. The fourth-order valence-corrected chi connectivity index (χ4v) is 3.60. The van der Waals surface area contributed by atoms with Crippen LogP contribution in [0.5, 0.6) is 0 Å². The van der Waals surface area contributed by atoms with Crippen molar-refractivity contribution in [2.24, 2.45) is 0 Å². The van der Waals surface area contributed by atoms with Gasteiger partial charge in [-0.25, -0.2) is 12.8 Å². The second-order valence-electron chi connectivity index (χ2n) is 5.07. The third-order valence-corrected chi connectivity index (χ3v) is 5.13. The highest BCUT2D eigenvalue weighted by atomic mass is 35.5. The Morgan fingerprint density at radius 3 is 2.74 bits per heavy atom. The minimum absolute atomic E-state index is 0.00762. The molecule has 2 N–H and O–H groups in total. The van der Waals surface area contributed by atoms with Crippen molar-refractivity contribution in [3.05, 3.63) is 52.8 Å². The Hall–Kier alpha value is -2.12. The summed E-state index contributed by atoms with van der Waals surface area (Å²) in [5.74, 6) is -0.935. The van der Waals surface area contributed by atoms with Crippen LogP contribution in [0.4, 0.5) is 15.8 Å². The van der Waals surface area contributed by atoms with Crippen molar-refractivity contribution in [2.75, 3.05) is 10.0 Å². The van der Waals surface area contributed by atoms with Crippen LogP contribution in [0.3, 0.4) is 0 Å². The first kappa shape index (κ1) is 15.8. The van der Waals surface area contributed by atoms with Gasteiger partial charge in [0, 0.05) is 12.1 Å². The van der Waals surface area contributed by atoms with Gasteiger partial charge in [-0.1, -0.05) is 17.7 Å². The molecule has 1 aliphatic heterocycles. The molecule has 120 valence electrons. The van der Waals surface area contributed by atoms with Gasteiger partial charge in [-0.05, 0) is 42.3 Å². The molecule has 0 atom stereocenters. The first-order valence-corrected chi connectivity index (χ1v) is 8.62. The molecule has 5 nitrogen and oxygen atoms in total. The average molecular weight is 355 g/mol. The van der Waals surface area contributed by atoms with Crippen LogP contribution < -0.4 is 10.0 Å². The van der Waals surface area contributed by atoms with Crippen molar-refractivity contribution in [1.82, 2.24) is 0 Å². The van der Waals surface area contributed by atoms with Crippen LogP contribution in [0.25, 0.3) is 0 Å². The summed E-state index contributed by atoms with van der Waals surface area (Å²) in [6, 6.07) is 8.42. The smallest absolute Gasteiger partial charge is 0.261 e. The molecule has 0 saturated heterocycles. The van der Waals surface area contributed by atoms with E-state index in [4.69, 9.17) is 11.6 Å². The third kappa shape index (κ3) is 3.16. The second kappa shape index (κ2) is 5.82. The summed E-state index contributed by atoms with van der Waals surface area (Å²) in [4.78, 5) is 11.3. The van der Waals surface area contributed by atoms with E-state index in [9.17, 15) is 17.6 Å². The number of fused-ring (bicyclic) bond motifs is 1. The van der Waals surface area contributed by atoms with E-state index in [0.29, 0.717) is 18.5 Å². The van der Waals surface area contributed by atoms with Gasteiger partial charge in [-0.2, -0.15) is 0 Å². The lowest BCUT2D eigenvalue weighted by Crippen LogP contribution is -2.20. The summed E-state index contributed by atoms with van der Waals surface area (Å²) >= 11 is 5.65. The normalized spacial score (nSPS) is 14.1. The molecular weight excluding hydrogens is 343 g/mol. The van der Waals surface area contributed by atoms with E-state index in [-0.39, 0.29) is 21.5 Å². The zero-order valence-corrected chi connectivity index (χ0v) is 13.3. The molecule has 0 unspecified atom stereocenters. The fraction of sp³-hybridized carbons (Fsp3) is 0.133. The van der Waals surface area contributed by atoms with Gasteiger partial charge in [0.05, 0.1) is 15.6 Å². The zero-order chi connectivity index (χ0) is 16.6. The van der Waals surface area contributed by atoms with E-state index in [1.165, 1.54) is 36.4 Å². The number of benzene rings is 2. The quantitative estimate of drug-likeness (QED) is 0.889. The number of halogens is 2. The number of nitrogens with one attached hydrogen (secondary N) is 2. The number of hydrogen-bond acceptors (Lipinski definition) is 3. The van der Waals surface area contributed by atoms with Crippen molar-refractivity contribution >= 4 is 38.9 Å². The Morgan fingerprint density at radius 2 is 1.96 bits per heavy atom. The lowest BCUT2D eigenvalue weighted by molar-refractivity contribution is -0.116. The summed E-state index contributed by atoms with van der Waals surface area (Å²) in [7, 11) is -3.96. The van der Waals surface area contributed by atoms with E-state index in [2.05, 4.69) is 10.0 Å². The summed E-state index contributed by atoms with van der Waals surface area (Å²) in [6.07, 6.45) is 0.753.